The number of nitrogen functional groups attached to an aromatic ring is 1. The van der Waals surface area contributed by atoms with Crippen LogP contribution in [0.25, 0.3) is 39.1 Å². The lowest BCUT2D eigenvalue weighted by atomic mass is 10.1. The van der Waals surface area contributed by atoms with Gasteiger partial charge in [0.05, 0.1) is 24.4 Å². The highest BCUT2D eigenvalue weighted by Gasteiger charge is 2.18. The molecule has 0 unspecified atom stereocenters. The van der Waals surface area contributed by atoms with Crippen molar-refractivity contribution in [1.29, 1.82) is 0 Å². The van der Waals surface area contributed by atoms with Crippen molar-refractivity contribution in [3.63, 3.8) is 0 Å². The molecule has 3 aromatic heterocycles. The van der Waals surface area contributed by atoms with Crippen LogP contribution in [0.3, 0.4) is 0 Å². The summed E-state index contributed by atoms with van der Waals surface area (Å²) in [4.78, 5) is 27.3. The molecule has 5 aromatic rings. The van der Waals surface area contributed by atoms with Crippen molar-refractivity contribution >= 4 is 39.9 Å². The molecule has 0 aliphatic heterocycles. The van der Waals surface area contributed by atoms with Crippen LogP contribution in [0.15, 0.2) is 54.8 Å². The Hall–Kier alpha value is -3.99. The van der Waals surface area contributed by atoms with E-state index in [9.17, 15) is 9.59 Å². The summed E-state index contributed by atoms with van der Waals surface area (Å²) in [5.74, 6) is 0.597. The minimum absolute atomic E-state index is 0.0547. The second-order valence-corrected chi connectivity index (χ2v) is 6.55. The summed E-state index contributed by atoms with van der Waals surface area (Å²) in [5.41, 5.74) is 7.12. The number of hydrogen-bond donors (Lipinski definition) is 1. The zero-order valence-corrected chi connectivity index (χ0v) is 15.6. The fourth-order valence-electron chi connectivity index (χ4n) is 3.13. The van der Waals surface area contributed by atoms with Gasteiger partial charge in [-0.2, -0.15) is 4.37 Å². The SMILES string of the molecule is COc1nsnc1-c1cccc(-n2c(N)nc3c4oc(=O)c(=O)oc4ccc32)c1. The minimum atomic E-state index is -1.11. The maximum Gasteiger partial charge on any atom is 0.423 e. The van der Waals surface area contributed by atoms with Gasteiger partial charge < -0.3 is 19.3 Å². The molecule has 0 bridgehead atoms. The number of aromatic nitrogens is 4. The van der Waals surface area contributed by atoms with E-state index in [0.29, 0.717) is 28.3 Å². The molecule has 0 spiro atoms. The Kier molecular flexibility index (Phi) is 3.71. The van der Waals surface area contributed by atoms with E-state index in [4.69, 9.17) is 19.3 Å². The summed E-state index contributed by atoms with van der Waals surface area (Å²) in [6.45, 7) is 0. The van der Waals surface area contributed by atoms with Crippen LogP contribution in [0.5, 0.6) is 5.88 Å². The number of ether oxygens (including phenoxy) is 1. The van der Waals surface area contributed by atoms with Crippen molar-refractivity contribution in [2.45, 2.75) is 0 Å². The molecule has 5 rings (SSSR count). The summed E-state index contributed by atoms with van der Waals surface area (Å²) in [6, 6.07) is 10.6. The Balaban J connectivity index is 1.76. The minimum Gasteiger partial charge on any atom is -0.479 e. The molecule has 0 aliphatic rings. The Morgan fingerprint density at radius 3 is 2.76 bits per heavy atom. The quantitative estimate of drug-likeness (QED) is 0.444. The molecular formula is C18H11N5O5S. The third kappa shape index (κ3) is 2.59. The molecule has 0 saturated heterocycles. The second-order valence-electron chi connectivity index (χ2n) is 6.02. The van der Waals surface area contributed by atoms with E-state index < -0.39 is 11.3 Å². The number of nitrogens with zero attached hydrogens (tertiary/aromatic N) is 4. The van der Waals surface area contributed by atoms with Gasteiger partial charge in [0.15, 0.2) is 5.58 Å². The van der Waals surface area contributed by atoms with Gasteiger partial charge in [0.2, 0.25) is 11.5 Å². The Morgan fingerprint density at radius 2 is 1.93 bits per heavy atom. The van der Waals surface area contributed by atoms with Crippen molar-refractivity contribution in [3.05, 3.63) is 57.2 Å². The number of methoxy groups -OCH3 is 1. The first kappa shape index (κ1) is 17.1. The summed E-state index contributed by atoms with van der Waals surface area (Å²) < 4.78 is 25.4. The van der Waals surface area contributed by atoms with E-state index in [2.05, 4.69) is 13.7 Å². The normalized spacial score (nSPS) is 11.3. The van der Waals surface area contributed by atoms with Gasteiger partial charge in [0.25, 0.3) is 5.88 Å². The van der Waals surface area contributed by atoms with Crippen LogP contribution >= 0.6 is 11.7 Å². The molecular weight excluding hydrogens is 398 g/mol. The van der Waals surface area contributed by atoms with Gasteiger partial charge in [0, 0.05) is 11.3 Å². The number of imidazole rings is 1. The Bertz CT molecular complexity index is 1510. The average Bonchev–Trinajstić information content (AvgIpc) is 3.33. The van der Waals surface area contributed by atoms with Crippen LogP contribution in [0.2, 0.25) is 0 Å². The van der Waals surface area contributed by atoms with Crippen LogP contribution in [0.1, 0.15) is 0 Å². The highest BCUT2D eigenvalue weighted by Crippen LogP contribution is 2.32. The monoisotopic (exact) mass is 409 g/mol. The Morgan fingerprint density at radius 1 is 1.10 bits per heavy atom. The number of anilines is 1. The zero-order valence-electron chi connectivity index (χ0n) is 14.8. The number of fused-ring (bicyclic) bond motifs is 3. The van der Waals surface area contributed by atoms with Gasteiger partial charge in [-0.15, -0.1) is 4.37 Å². The zero-order chi connectivity index (χ0) is 20.1. The molecule has 0 radical (unpaired) electrons. The molecule has 2 N–H and O–H groups in total. The van der Waals surface area contributed by atoms with Crippen molar-refractivity contribution in [1.82, 2.24) is 18.3 Å². The predicted octanol–water partition coefficient (Wildman–Crippen LogP) is 2.19. The topological polar surface area (TPSA) is 139 Å². The lowest BCUT2D eigenvalue weighted by Gasteiger charge is -2.08. The van der Waals surface area contributed by atoms with Gasteiger partial charge in [-0.05, 0) is 24.3 Å². The molecule has 11 heteroatoms. The first-order chi connectivity index (χ1) is 14.1. The van der Waals surface area contributed by atoms with Gasteiger partial charge in [0.1, 0.15) is 11.2 Å². The highest BCUT2D eigenvalue weighted by atomic mass is 32.1. The molecule has 144 valence electrons. The average molecular weight is 409 g/mol. The summed E-state index contributed by atoms with van der Waals surface area (Å²) in [5, 5.41) is 0. The molecule has 2 aromatic carbocycles. The van der Waals surface area contributed by atoms with E-state index in [0.717, 1.165) is 17.3 Å². The van der Waals surface area contributed by atoms with Gasteiger partial charge in [-0.3, -0.25) is 4.57 Å². The van der Waals surface area contributed by atoms with Gasteiger partial charge in [-0.1, -0.05) is 12.1 Å². The second kappa shape index (κ2) is 6.27. The van der Waals surface area contributed by atoms with E-state index in [-0.39, 0.29) is 17.1 Å². The van der Waals surface area contributed by atoms with Crippen LogP contribution in [0, 0.1) is 0 Å². The van der Waals surface area contributed by atoms with Gasteiger partial charge in [-0.25, -0.2) is 14.6 Å². The van der Waals surface area contributed by atoms with E-state index >= 15 is 0 Å². The molecule has 29 heavy (non-hydrogen) atoms. The van der Waals surface area contributed by atoms with Crippen molar-refractivity contribution in [2.75, 3.05) is 12.8 Å². The summed E-state index contributed by atoms with van der Waals surface area (Å²) in [6.07, 6.45) is 0. The summed E-state index contributed by atoms with van der Waals surface area (Å²) >= 11 is 1.05. The molecule has 0 amide bonds. The van der Waals surface area contributed by atoms with Crippen molar-refractivity contribution in [2.24, 2.45) is 0 Å². The third-order valence-corrected chi connectivity index (χ3v) is 4.88. The van der Waals surface area contributed by atoms with E-state index in [1.54, 1.807) is 10.6 Å². The maximum atomic E-state index is 11.6. The molecule has 0 aliphatic carbocycles. The molecule has 10 nitrogen and oxygen atoms in total. The van der Waals surface area contributed by atoms with E-state index in [1.807, 2.05) is 24.3 Å². The third-order valence-electron chi connectivity index (χ3n) is 4.36. The van der Waals surface area contributed by atoms with E-state index in [1.165, 1.54) is 13.2 Å². The van der Waals surface area contributed by atoms with Crippen LogP contribution in [-0.2, 0) is 0 Å². The van der Waals surface area contributed by atoms with Gasteiger partial charge >= 0.3 is 11.3 Å². The molecule has 0 atom stereocenters. The molecule has 3 heterocycles. The first-order valence-electron chi connectivity index (χ1n) is 8.29. The lowest BCUT2D eigenvalue weighted by Crippen LogP contribution is -2.20. The van der Waals surface area contributed by atoms with Crippen molar-refractivity contribution in [3.8, 4) is 22.8 Å². The number of rotatable bonds is 3. The maximum absolute atomic E-state index is 11.6. The largest absolute Gasteiger partial charge is 0.479 e. The number of benzene rings is 2. The van der Waals surface area contributed by atoms with Crippen LogP contribution in [-0.4, -0.2) is 25.4 Å². The molecule has 0 saturated carbocycles. The smallest absolute Gasteiger partial charge is 0.423 e. The lowest BCUT2D eigenvalue weighted by molar-refractivity contribution is 0.403. The predicted molar refractivity (Wildman–Crippen MR) is 106 cm³/mol. The van der Waals surface area contributed by atoms with Crippen LogP contribution < -0.4 is 21.7 Å². The standard InChI is InChI=1S/C18H11N5O5S/c1-26-15-12(21-29-22-15)8-3-2-4-9(7-8)23-10-5-6-11-14(13(10)20-18(23)19)28-17(25)16(24)27-11/h2-7H,1H3,(H2,19,20). The number of nitrogens with two attached hydrogens (primary N) is 1. The van der Waals surface area contributed by atoms with Crippen molar-refractivity contribution < 1.29 is 13.6 Å². The Labute approximate surface area is 165 Å². The number of hydrogen-bond acceptors (Lipinski definition) is 10. The fourth-order valence-corrected chi connectivity index (χ4v) is 3.67. The van der Waals surface area contributed by atoms with Crippen LogP contribution in [0.4, 0.5) is 5.95 Å². The first-order valence-corrected chi connectivity index (χ1v) is 9.02. The molecule has 0 fully saturated rings. The fraction of sp³-hybridized carbons (Fsp3) is 0.0556. The summed E-state index contributed by atoms with van der Waals surface area (Å²) in [7, 11) is 1.53. The highest BCUT2D eigenvalue weighted by molar-refractivity contribution is 6.99.